The van der Waals surface area contributed by atoms with Crippen LogP contribution < -0.4 is 15.2 Å². The fourth-order valence-electron chi connectivity index (χ4n) is 1.88. The average Bonchev–Trinajstić information content (AvgIpc) is 2.52. The van der Waals surface area contributed by atoms with E-state index in [1.807, 2.05) is 31.2 Å². The number of rotatable bonds is 7. The molecule has 0 aliphatic carbocycles. The Morgan fingerprint density at radius 1 is 1.00 bits per heavy atom. The van der Waals surface area contributed by atoms with Crippen molar-refractivity contribution in [2.24, 2.45) is 0 Å². The Kier molecular flexibility index (Phi) is 5.46. The van der Waals surface area contributed by atoms with E-state index in [-0.39, 0.29) is 6.61 Å². The lowest BCUT2D eigenvalue weighted by Gasteiger charge is -2.15. The summed E-state index contributed by atoms with van der Waals surface area (Å²) in [5.74, 6) is 1.34. The molecule has 0 saturated carbocycles. The van der Waals surface area contributed by atoms with Crippen molar-refractivity contribution >= 4 is 5.69 Å². The number of aliphatic hydroxyl groups is 1. The van der Waals surface area contributed by atoms with Gasteiger partial charge in [-0.15, -0.1) is 0 Å². The predicted molar refractivity (Wildman–Crippen MR) is 83.5 cm³/mol. The monoisotopic (exact) mass is 287 g/mol. The maximum absolute atomic E-state index is 10.1. The Bertz CT molecular complexity index is 554. The molecule has 21 heavy (non-hydrogen) atoms. The topological polar surface area (TPSA) is 64.7 Å². The molecule has 0 aliphatic rings. The molecule has 2 rings (SSSR count). The van der Waals surface area contributed by atoms with Crippen LogP contribution in [-0.4, -0.2) is 18.3 Å². The van der Waals surface area contributed by atoms with Crippen molar-refractivity contribution < 1.29 is 14.6 Å². The van der Waals surface area contributed by atoms with Gasteiger partial charge in [0.1, 0.15) is 12.7 Å². The van der Waals surface area contributed by atoms with Gasteiger partial charge in [-0.25, -0.2) is 0 Å². The summed E-state index contributed by atoms with van der Waals surface area (Å²) < 4.78 is 11.3. The van der Waals surface area contributed by atoms with Gasteiger partial charge in [-0.1, -0.05) is 31.2 Å². The van der Waals surface area contributed by atoms with E-state index < -0.39 is 6.10 Å². The summed E-state index contributed by atoms with van der Waals surface area (Å²) in [6.07, 6.45) is 0.229. The molecule has 2 aromatic carbocycles. The summed E-state index contributed by atoms with van der Waals surface area (Å²) in [6.45, 7) is 2.85. The zero-order valence-corrected chi connectivity index (χ0v) is 12.2. The Hall–Kier alpha value is -2.20. The van der Waals surface area contributed by atoms with Gasteiger partial charge in [-0.05, 0) is 36.2 Å². The normalized spacial score (nSPS) is 11.9. The highest BCUT2D eigenvalue weighted by Gasteiger charge is 2.10. The summed E-state index contributed by atoms with van der Waals surface area (Å²) >= 11 is 0. The Morgan fingerprint density at radius 2 is 1.62 bits per heavy atom. The smallest absolute Gasteiger partial charge is 0.161 e. The first-order chi connectivity index (χ1) is 10.2. The molecule has 1 atom stereocenters. The quantitative estimate of drug-likeness (QED) is 0.768. The minimum atomic E-state index is -0.704. The van der Waals surface area contributed by atoms with E-state index >= 15 is 0 Å². The van der Waals surface area contributed by atoms with Crippen LogP contribution >= 0.6 is 0 Å². The summed E-state index contributed by atoms with van der Waals surface area (Å²) in [7, 11) is 0. The molecule has 0 heterocycles. The van der Waals surface area contributed by atoms with Crippen LogP contribution in [0.25, 0.3) is 0 Å². The zero-order valence-electron chi connectivity index (χ0n) is 12.2. The molecule has 2 aromatic rings. The number of benzene rings is 2. The molecule has 0 saturated heterocycles. The molecule has 0 aromatic heterocycles. The second-order valence-electron chi connectivity index (χ2n) is 4.79. The van der Waals surface area contributed by atoms with Crippen molar-refractivity contribution in [3.05, 3.63) is 54.1 Å². The first kappa shape index (κ1) is 15.2. The average molecular weight is 287 g/mol. The van der Waals surface area contributed by atoms with Crippen LogP contribution in [0.15, 0.2) is 48.5 Å². The summed E-state index contributed by atoms with van der Waals surface area (Å²) in [5.41, 5.74) is 7.07. The number of ether oxygens (including phenoxy) is 2. The van der Waals surface area contributed by atoms with Crippen molar-refractivity contribution in [1.82, 2.24) is 0 Å². The molecular formula is C17H21NO3. The predicted octanol–water partition coefficient (Wildman–Crippen LogP) is 3.17. The SMILES string of the molecule is CCCOc1ccccc1OCC(O)c1ccc(N)cc1. The highest BCUT2D eigenvalue weighted by atomic mass is 16.5. The maximum atomic E-state index is 10.1. The van der Waals surface area contributed by atoms with Gasteiger partial charge >= 0.3 is 0 Å². The summed E-state index contributed by atoms with van der Waals surface area (Å²) in [6, 6.07) is 14.6. The summed E-state index contributed by atoms with van der Waals surface area (Å²) in [4.78, 5) is 0. The van der Waals surface area contributed by atoms with Gasteiger partial charge < -0.3 is 20.3 Å². The largest absolute Gasteiger partial charge is 0.490 e. The van der Waals surface area contributed by atoms with Crippen LogP contribution in [0.2, 0.25) is 0 Å². The van der Waals surface area contributed by atoms with E-state index in [9.17, 15) is 5.11 Å². The zero-order chi connectivity index (χ0) is 15.1. The molecule has 0 spiro atoms. The van der Waals surface area contributed by atoms with E-state index in [1.165, 1.54) is 0 Å². The number of hydrogen-bond acceptors (Lipinski definition) is 4. The van der Waals surface area contributed by atoms with Crippen LogP contribution in [0.1, 0.15) is 25.0 Å². The third-order valence-corrected chi connectivity index (χ3v) is 3.03. The van der Waals surface area contributed by atoms with Crippen LogP contribution in [0.3, 0.4) is 0 Å². The molecule has 3 N–H and O–H groups in total. The lowest BCUT2D eigenvalue weighted by molar-refractivity contribution is 0.105. The van der Waals surface area contributed by atoms with Crippen molar-refractivity contribution in [3.8, 4) is 11.5 Å². The highest BCUT2D eigenvalue weighted by Crippen LogP contribution is 2.27. The number of aliphatic hydroxyl groups excluding tert-OH is 1. The molecule has 4 heteroatoms. The lowest BCUT2D eigenvalue weighted by atomic mass is 10.1. The van der Waals surface area contributed by atoms with Gasteiger partial charge in [0.15, 0.2) is 11.5 Å². The number of anilines is 1. The van der Waals surface area contributed by atoms with E-state index in [2.05, 4.69) is 0 Å². The third kappa shape index (κ3) is 4.39. The Balaban J connectivity index is 1.97. The van der Waals surface area contributed by atoms with Gasteiger partial charge in [-0.2, -0.15) is 0 Å². The van der Waals surface area contributed by atoms with Crippen LogP contribution in [0.4, 0.5) is 5.69 Å². The van der Waals surface area contributed by atoms with E-state index in [1.54, 1.807) is 24.3 Å². The van der Waals surface area contributed by atoms with Crippen molar-refractivity contribution in [1.29, 1.82) is 0 Å². The number of para-hydroxylation sites is 2. The molecular weight excluding hydrogens is 266 g/mol. The molecule has 0 amide bonds. The minimum Gasteiger partial charge on any atom is -0.490 e. The van der Waals surface area contributed by atoms with Gasteiger partial charge in [0, 0.05) is 5.69 Å². The van der Waals surface area contributed by atoms with Gasteiger partial charge in [0.2, 0.25) is 0 Å². The van der Waals surface area contributed by atoms with E-state index in [0.717, 1.165) is 12.0 Å². The number of nitrogens with two attached hydrogens (primary N) is 1. The second-order valence-corrected chi connectivity index (χ2v) is 4.79. The van der Waals surface area contributed by atoms with Gasteiger partial charge in [0.25, 0.3) is 0 Å². The maximum Gasteiger partial charge on any atom is 0.161 e. The standard InChI is InChI=1S/C17H21NO3/c1-2-11-20-16-5-3-4-6-17(16)21-12-15(19)13-7-9-14(18)10-8-13/h3-10,15,19H,2,11-12,18H2,1H3. The summed E-state index contributed by atoms with van der Waals surface area (Å²) in [5, 5.41) is 10.1. The van der Waals surface area contributed by atoms with Crippen LogP contribution in [-0.2, 0) is 0 Å². The van der Waals surface area contributed by atoms with E-state index in [0.29, 0.717) is 23.8 Å². The molecule has 4 nitrogen and oxygen atoms in total. The van der Waals surface area contributed by atoms with Gasteiger partial charge in [0.05, 0.1) is 6.61 Å². The van der Waals surface area contributed by atoms with Crippen molar-refractivity contribution in [3.63, 3.8) is 0 Å². The minimum absolute atomic E-state index is 0.163. The lowest BCUT2D eigenvalue weighted by Crippen LogP contribution is -2.10. The first-order valence-electron chi connectivity index (χ1n) is 7.09. The molecule has 0 aliphatic heterocycles. The van der Waals surface area contributed by atoms with Crippen LogP contribution in [0, 0.1) is 0 Å². The first-order valence-corrected chi connectivity index (χ1v) is 7.09. The Labute approximate surface area is 125 Å². The van der Waals surface area contributed by atoms with Gasteiger partial charge in [-0.3, -0.25) is 0 Å². The molecule has 0 radical (unpaired) electrons. The number of hydrogen-bond donors (Lipinski definition) is 2. The van der Waals surface area contributed by atoms with Crippen LogP contribution in [0.5, 0.6) is 11.5 Å². The van der Waals surface area contributed by atoms with Crippen molar-refractivity contribution in [2.45, 2.75) is 19.4 Å². The highest BCUT2D eigenvalue weighted by molar-refractivity contribution is 5.41. The Morgan fingerprint density at radius 3 is 2.24 bits per heavy atom. The molecule has 112 valence electrons. The molecule has 1 unspecified atom stereocenters. The van der Waals surface area contributed by atoms with E-state index in [4.69, 9.17) is 15.2 Å². The molecule has 0 fully saturated rings. The fourth-order valence-corrected chi connectivity index (χ4v) is 1.88. The third-order valence-electron chi connectivity index (χ3n) is 3.03. The fraction of sp³-hybridized carbons (Fsp3) is 0.294. The van der Waals surface area contributed by atoms with Crippen molar-refractivity contribution in [2.75, 3.05) is 18.9 Å². The number of nitrogen functional groups attached to an aromatic ring is 1. The molecule has 0 bridgehead atoms. The second kappa shape index (κ2) is 7.55.